The summed E-state index contributed by atoms with van der Waals surface area (Å²) in [6.07, 6.45) is 2.88. The molecule has 2 aromatic rings. The Hall–Kier alpha value is -3.67. The van der Waals surface area contributed by atoms with E-state index in [0.29, 0.717) is 23.6 Å². The van der Waals surface area contributed by atoms with E-state index in [1.165, 1.54) is 11.1 Å². The largest absolute Gasteiger partial charge is 0.507 e. The minimum absolute atomic E-state index is 0.0301. The molecule has 2 unspecified atom stereocenters. The number of fused-ring (bicyclic) bond motifs is 1. The lowest BCUT2D eigenvalue weighted by atomic mass is 9.91. The van der Waals surface area contributed by atoms with E-state index >= 15 is 0 Å². The third kappa shape index (κ3) is 5.88. The molecule has 12 heteroatoms. The van der Waals surface area contributed by atoms with Gasteiger partial charge in [0.05, 0.1) is 23.3 Å². The van der Waals surface area contributed by atoms with E-state index in [0.717, 1.165) is 0 Å². The van der Waals surface area contributed by atoms with Gasteiger partial charge in [0, 0.05) is 29.8 Å². The van der Waals surface area contributed by atoms with Gasteiger partial charge in [0.2, 0.25) is 21.8 Å². The highest BCUT2D eigenvalue weighted by Crippen LogP contribution is 2.57. The summed E-state index contributed by atoms with van der Waals surface area (Å²) in [7, 11) is -3.80. The van der Waals surface area contributed by atoms with E-state index in [1.807, 2.05) is 0 Å². The van der Waals surface area contributed by atoms with Crippen molar-refractivity contribution in [3.63, 3.8) is 0 Å². The number of allylic oxidation sites excluding steroid dienone is 1. The number of hydrogen-bond acceptors (Lipinski definition) is 9. The molecule has 2 N–H and O–H groups in total. The van der Waals surface area contributed by atoms with Crippen LogP contribution in [0.5, 0.6) is 11.6 Å². The number of amides is 2. The van der Waals surface area contributed by atoms with Gasteiger partial charge in [-0.3, -0.25) is 19.2 Å². The number of hydrogen-bond donors (Lipinski definition) is 2. The molecule has 2 amide bonds. The van der Waals surface area contributed by atoms with Crippen molar-refractivity contribution in [2.75, 3.05) is 6.54 Å². The second kappa shape index (κ2) is 10.3. The average molecular weight is 586 g/mol. The standard InChI is InChI=1S/C29H35N3O8S/c1-5-17-14-29(17,26(35)31-41(37,38)19-9-10-19)15-24(34)22-13-18(16-32(22)27(36)40-28(2,3)4)39-25-21-7-6-8-23(33)20(21)11-12-30-25/h5-8,11-12,17-19,22,33H,1,9-10,13-16H2,2-4H3,(H,31,35)/t17-,18?,22?,29-/m1/s1. The summed E-state index contributed by atoms with van der Waals surface area (Å²) in [6, 6.07) is 5.66. The van der Waals surface area contributed by atoms with Gasteiger partial charge in [-0.2, -0.15) is 0 Å². The zero-order valence-electron chi connectivity index (χ0n) is 23.3. The van der Waals surface area contributed by atoms with Crippen LogP contribution in [-0.2, 0) is 24.3 Å². The lowest BCUT2D eigenvalue weighted by Gasteiger charge is -2.28. The van der Waals surface area contributed by atoms with Gasteiger partial charge >= 0.3 is 6.09 Å². The van der Waals surface area contributed by atoms with Crippen LogP contribution in [0.3, 0.4) is 0 Å². The molecular weight excluding hydrogens is 550 g/mol. The number of benzene rings is 1. The van der Waals surface area contributed by atoms with Crippen LogP contribution in [0, 0.1) is 11.3 Å². The number of phenols is 1. The monoisotopic (exact) mass is 585 g/mol. The van der Waals surface area contributed by atoms with E-state index in [4.69, 9.17) is 9.47 Å². The number of carbonyl (C=O) groups is 3. The van der Waals surface area contributed by atoms with Crippen molar-refractivity contribution in [1.82, 2.24) is 14.6 Å². The molecule has 41 heavy (non-hydrogen) atoms. The molecule has 220 valence electrons. The molecule has 0 bridgehead atoms. The van der Waals surface area contributed by atoms with E-state index in [2.05, 4.69) is 16.3 Å². The number of nitrogens with zero attached hydrogens (tertiary/aromatic N) is 2. The predicted molar refractivity (Wildman–Crippen MR) is 150 cm³/mol. The molecule has 2 heterocycles. The summed E-state index contributed by atoms with van der Waals surface area (Å²) in [5.74, 6) is -1.16. The Labute approximate surface area is 239 Å². The number of pyridine rings is 1. The molecular formula is C29H35N3O8S. The van der Waals surface area contributed by atoms with Gasteiger partial charge < -0.3 is 14.6 Å². The van der Waals surface area contributed by atoms with Gasteiger partial charge in [-0.1, -0.05) is 12.1 Å². The van der Waals surface area contributed by atoms with E-state index in [1.54, 1.807) is 51.1 Å². The lowest BCUT2D eigenvalue weighted by molar-refractivity contribution is -0.131. The first-order valence-electron chi connectivity index (χ1n) is 13.7. The fraction of sp³-hybridized carbons (Fsp3) is 0.517. The molecule has 5 rings (SSSR count). The van der Waals surface area contributed by atoms with Crippen molar-refractivity contribution in [2.45, 2.75) is 75.9 Å². The third-order valence-electron chi connectivity index (χ3n) is 7.85. The molecule has 2 saturated carbocycles. The molecule has 2 aliphatic carbocycles. The van der Waals surface area contributed by atoms with Gasteiger partial charge in [-0.15, -0.1) is 6.58 Å². The summed E-state index contributed by atoms with van der Waals surface area (Å²) in [4.78, 5) is 45.8. The molecule has 4 atom stereocenters. The van der Waals surface area contributed by atoms with Crippen molar-refractivity contribution in [1.29, 1.82) is 0 Å². The fourth-order valence-electron chi connectivity index (χ4n) is 5.43. The topological polar surface area (TPSA) is 152 Å². The number of aromatic hydroxyl groups is 1. The molecule has 11 nitrogen and oxygen atoms in total. The highest BCUT2D eigenvalue weighted by atomic mass is 32.2. The second-order valence-corrected chi connectivity index (χ2v) is 14.1. The van der Waals surface area contributed by atoms with Crippen LogP contribution in [-0.4, -0.2) is 70.7 Å². The van der Waals surface area contributed by atoms with Crippen LogP contribution in [0.1, 0.15) is 52.9 Å². The van der Waals surface area contributed by atoms with Crippen molar-refractivity contribution in [3.8, 4) is 11.6 Å². The maximum atomic E-state index is 13.8. The lowest BCUT2D eigenvalue weighted by Crippen LogP contribution is -2.46. The smallest absolute Gasteiger partial charge is 0.411 e. The van der Waals surface area contributed by atoms with Crippen molar-refractivity contribution >= 4 is 38.6 Å². The molecule has 1 saturated heterocycles. The molecule has 0 radical (unpaired) electrons. The maximum Gasteiger partial charge on any atom is 0.411 e. The third-order valence-corrected chi connectivity index (χ3v) is 9.66. The zero-order valence-corrected chi connectivity index (χ0v) is 24.1. The van der Waals surface area contributed by atoms with Gasteiger partial charge in [-0.05, 0) is 64.2 Å². The minimum Gasteiger partial charge on any atom is -0.507 e. The number of rotatable bonds is 9. The first-order valence-corrected chi connectivity index (χ1v) is 15.2. The minimum atomic E-state index is -3.80. The molecule has 3 aliphatic rings. The number of aromatic nitrogens is 1. The summed E-state index contributed by atoms with van der Waals surface area (Å²) in [5, 5.41) is 10.8. The number of Topliss-reactive ketones (excluding diaryl/α,β-unsaturated/α-hetero) is 1. The average Bonchev–Trinajstić information content (AvgIpc) is 3.80. The molecule has 1 aromatic carbocycles. The van der Waals surface area contributed by atoms with Crippen LogP contribution in [0.15, 0.2) is 43.1 Å². The number of ketones is 1. The molecule has 0 spiro atoms. The Morgan fingerprint density at radius 1 is 1.22 bits per heavy atom. The number of sulfonamides is 1. The van der Waals surface area contributed by atoms with Crippen molar-refractivity contribution < 1.29 is 37.4 Å². The van der Waals surface area contributed by atoms with Gasteiger partial charge in [0.25, 0.3) is 0 Å². The van der Waals surface area contributed by atoms with Crippen LogP contribution < -0.4 is 9.46 Å². The summed E-state index contributed by atoms with van der Waals surface area (Å²) in [6.45, 7) is 8.94. The van der Waals surface area contributed by atoms with Crippen LogP contribution in [0.25, 0.3) is 10.8 Å². The maximum absolute atomic E-state index is 13.8. The van der Waals surface area contributed by atoms with Crippen molar-refractivity contribution in [2.24, 2.45) is 11.3 Å². The Balaban J connectivity index is 1.38. The summed E-state index contributed by atoms with van der Waals surface area (Å²) >= 11 is 0. The van der Waals surface area contributed by atoms with Crippen molar-refractivity contribution in [3.05, 3.63) is 43.1 Å². The summed E-state index contributed by atoms with van der Waals surface area (Å²) in [5.41, 5.74) is -2.06. The SMILES string of the molecule is C=C[C@@H]1C[C@]1(CC(=O)C1CC(Oc2nccc3c(O)cccc23)CN1C(=O)OC(C)(C)C)C(=O)NS(=O)(=O)C1CC1. The van der Waals surface area contributed by atoms with Crippen LogP contribution in [0.4, 0.5) is 4.79 Å². The van der Waals surface area contributed by atoms with Crippen LogP contribution >= 0.6 is 0 Å². The predicted octanol–water partition coefficient (Wildman–Crippen LogP) is 3.46. The zero-order chi connectivity index (χ0) is 29.7. The number of ether oxygens (including phenoxy) is 2. The number of nitrogens with one attached hydrogen (secondary N) is 1. The van der Waals surface area contributed by atoms with Crippen LogP contribution in [0.2, 0.25) is 0 Å². The Kier molecular flexibility index (Phi) is 7.25. The quantitative estimate of drug-likeness (QED) is 0.422. The second-order valence-electron chi connectivity index (χ2n) is 12.1. The normalized spacial score (nSPS) is 25.9. The molecule has 1 aromatic heterocycles. The first-order chi connectivity index (χ1) is 19.2. The Bertz CT molecular complexity index is 1510. The molecule has 1 aliphatic heterocycles. The van der Waals surface area contributed by atoms with Gasteiger partial charge in [-0.25, -0.2) is 18.2 Å². The highest BCUT2D eigenvalue weighted by Gasteiger charge is 2.61. The summed E-state index contributed by atoms with van der Waals surface area (Å²) < 4.78 is 38.9. The van der Waals surface area contributed by atoms with E-state index < -0.39 is 56.2 Å². The van der Waals surface area contributed by atoms with E-state index in [-0.39, 0.29) is 43.4 Å². The highest BCUT2D eigenvalue weighted by molar-refractivity contribution is 7.90. The van der Waals surface area contributed by atoms with Gasteiger partial charge in [0.1, 0.15) is 17.5 Å². The number of phenolic OH excluding ortho intramolecular Hbond substituents is 1. The number of carbonyl (C=O) groups excluding carboxylic acids is 3. The molecule has 3 fully saturated rings. The van der Waals surface area contributed by atoms with E-state index in [9.17, 15) is 27.9 Å². The Morgan fingerprint density at radius 3 is 2.59 bits per heavy atom. The fourth-order valence-corrected chi connectivity index (χ4v) is 6.82. The van der Waals surface area contributed by atoms with Gasteiger partial charge in [0.15, 0.2) is 5.78 Å². The Morgan fingerprint density at radius 2 is 1.95 bits per heavy atom. The first kappa shape index (κ1) is 28.8. The number of likely N-dealkylation sites (tertiary alicyclic amines) is 1.